The Kier molecular flexibility index (Phi) is 3.90. The summed E-state index contributed by atoms with van der Waals surface area (Å²) in [4.78, 5) is 14.3. The van der Waals surface area contributed by atoms with Gasteiger partial charge in [-0.2, -0.15) is 0 Å². The van der Waals surface area contributed by atoms with Crippen LogP contribution in [-0.4, -0.2) is 39.1 Å². The Bertz CT molecular complexity index is 315. The Morgan fingerprint density at radius 2 is 2.50 bits per heavy atom. The molecule has 0 radical (unpaired) electrons. The summed E-state index contributed by atoms with van der Waals surface area (Å²) in [6.07, 6.45) is -0.165. The fourth-order valence-electron chi connectivity index (χ4n) is 0.742. The van der Waals surface area contributed by atoms with Crippen molar-refractivity contribution in [3.05, 3.63) is 5.82 Å². The van der Waals surface area contributed by atoms with Crippen LogP contribution >= 0.6 is 11.8 Å². The molecule has 1 atom stereocenters. The standard InChI is InChI=1S/C7H11N3O3S/c1-4(13-2)6-8-7(10-9-6)14-3-5(11)12/h4H,3H2,1-2H3,(H,11,12)(H,8,9,10). The van der Waals surface area contributed by atoms with Gasteiger partial charge in [-0.05, 0) is 6.92 Å². The lowest BCUT2D eigenvalue weighted by molar-refractivity contribution is -0.133. The van der Waals surface area contributed by atoms with Gasteiger partial charge in [-0.3, -0.25) is 9.89 Å². The van der Waals surface area contributed by atoms with E-state index >= 15 is 0 Å². The Balaban J connectivity index is 2.54. The smallest absolute Gasteiger partial charge is 0.313 e. The van der Waals surface area contributed by atoms with E-state index in [0.29, 0.717) is 11.0 Å². The van der Waals surface area contributed by atoms with Crippen LogP contribution in [0.2, 0.25) is 0 Å². The zero-order valence-electron chi connectivity index (χ0n) is 7.85. The number of H-pyrrole nitrogens is 1. The van der Waals surface area contributed by atoms with Gasteiger partial charge < -0.3 is 9.84 Å². The number of aliphatic carboxylic acids is 1. The molecule has 1 aromatic rings. The summed E-state index contributed by atoms with van der Waals surface area (Å²) in [6, 6.07) is 0. The summed E-state index contributed by atoms with van der Waals surface area (Å²) in [5.74, 6) is -0.333. The zero-order chi connectivity index (χ0) is 10.6. The van der Waals surface area contributed by atoms with Crippen molar-refractivity contribution in [3.8, 4) is 0 Å². The molecule has 0 fully saturated rings. The predicted octanol–water partition coefficient (Wildman–Crippen LogP) is 0.689. The molecule has 0 aliphatic heterocycles. The largest absolute Gasteiger partial charge is 0.481 e. The van der Waals surface area contributed by atoms with Crippen LogP contribution in [0, 0.1) is 0 Å². The van der Waals surface area contributed by atoms with E-state index < -0.39 is 5.97 Å². The van der Waals surface area contributed by atoms with E-state index in [0.717, 1.165) is 11.8 Å². The van der Waals surface area contributed by atoms with E-state index in [4.69, 9.17) is 9.84 Å². The minimum Gasteiger partial charge on any atom is -0.481 e. The minimum absolute atomic E-state index is 0.0430. The number of carbonyl (C=O) groups is 1. The van der Waals surface area contributed by atoms with Crippen LogP contribution in [0.1, 0.15) is 18.9 Å². The average molecular weight is 217 g/mol. The van der Waals surface area contributed by atoms with Gasteiger partial charge >= 0.3 is 5.97 Å². The summed E-state index contributed by atoms with van der Waals surface area (Å²) >= 11 is 1.07. The van der Waals surface area contributed by atoms with Crippen LogP contribution in [0.3, 0.4) is 0 Å². The van der Waals surface area contributed by atoms with Crippen molar-refractivity contribution in [2.24, 2.45) is 0 Å². The third kappa shape index (κ3) is 3.00. The number of thioether (sulfide) groups is 1. The molecular weight excluding hydrogens is 206 g/mol. The fraction of sp³-hybridized carbons (Fsp3) is 0.571. The van der Waals surface area contributed by atoms with Crippen molar-refractivity contribution < 1.29 is 14.6 Å². The number of aromatic amines is 1. The SMILES string of the molecule is COC(C)c1nc(SCC(=O)O)n[nH]1. The molecule has 1 heterocycles. The van der Waals surface area contributed by atoms with Gasteiger partial charge in [0.1, 0.15) is 6.10 Å². The quantitative estimate of drug-likeness (QED) is 0.705. The Morgan fingerprint density at radius 1 is 1.79 bits per heavy atom. The molecule has 0 aliphatic rings. The predicted molar refractivity (Wildman–Crippen MR) is 50.2 cm³/mol. The first-order chi connectivity index (χ1) is 6.63. The zero-order valence-corrected chi connectivity index (χ0v) is 8.67. The van der Waals surface area contributed by atoms with E-state index in [2.05, 4.69) is 15.2 Å². The van der Waals surface area contributed by atoms with Gasteiger partial charge in [0.15, 0.2) is 5.82 Å². The molecule has 0 spiro atoms. The second kappa shape index (κ2) is 4.97. The van der Waals surface area contributed by atoms with Gasteiger partial charge in [0.05, 0.1) is 5.75 Å². The molecule has 0 amide bonds. The van der Waals surface area contributed by atoms with Crippen LogP contribution in [0.15, 0.2) is 5.16 Å². The molecule has 2 N–H and O–H groups in total. The fourth-order valence-corrected chi connectivity index (χ4v) is 1.27. The summed E-state index contributed by atoms with van der Waals surface area (Å²) in [5.41, 5.74) is 0. The monoisotopic (exact) mass is 217 g/mol. The van der Waals surface area contributed by atoms with Gasteiger partial charge in [0.25, 0.3) is 0 Å². The van der Waals surface area contributed by atoms with E-state index in [-0.39, 0.29) is 11.9 Å². The normalized spacial score (nSPS) is 12.7. The molecule has 6 nitrogen and oxygen atoms in total. The number of ether oxygens (including phenoxy) is 1. The molecule has 7 heteroatoms. The topological polar surface area (TPSA) is 88.1 Å². The van der Waals surface area contributed by atoms with E-state index in [1.807, 2.05) is 6.92 Å². The number of carboxylic acid groups (broad SMARTS) is 1. The lowest BCUT2D eigenvalue weighted by Crippen LogP contribution is -1.99. The number of nitrogens with zero attached hydrogens (tertiary/aromatic N) is 2. The minimum atomic E-state index is -0.888. The van der Waals surface area contributed by atoms with Crippen molar-refractivity contribution in [2.75, 3.05) is 12.9 Å². The number of hydrogen-bond donors (Lipinski definition) is 2. The van der Waals surface area contributed by atoms with E-state index in [1.54, 1.807) is 7.11 Å². The third-order valence-electron chi connectivity index (χ3n) is 1.55. The van der Waals surface area contributed by atoms with Crippen LogP contribution < -0.4 is 0 Å². The second-order valence-corrected chi connectivity index (χ2v) is 3.51. The summed E-state index contributed by atoms with van der Waals surface area (Å²) in [5, 5.41) is 15.4. The second-order valence-electron chi connectivity index (χ2n) is 2.56. The molecule has 14 heavy (non-hydrogen) atoms. The van der Waals surface area contributed by atoms with Crippen LogP contribution in [0.5, 0.6) is 0 Å². The van der Waals surface area contributed by atoms with Gasteiger partial charge in [-0.15, -0.1) is 5.10 Å². The first kappa shape index (κ1) is 11.0. The Hall–Kier alpha value is -1.08. The highest BCUT2D eigenvalue weighted by Gasteiger charge is 2.11. The van der Waals surface area contributed by atoms with Crippen molar-refractivity contribution in [1.82, 2.24) is 15.2 Å². The summed E-state index contributed by atoms with van der Waals surface area (Å²) in [7, 11) is 1.57. The molecule has 0 saturated heterocycles. The molecule has 0 aliphatic carbocycles. The number of rotatable bonds is 5. The van der Waals surface area contributed by atoms with E-state index in [1.165, 1.54) is 0 Å². The Labute approximate surface area is 85.1 Å². The molecular formula is C7H11N3O3S. The van der Waals surface area contributed by atoms with Crippen molar-refractivity contribution in [1.29, 1.82) is 0 Å². The lowest BCUT2D eigenvalue weighted by Gasteiger charge is -2.02. The number of nitrogens with one attached hydrogen (secondary N) is 1. The van der Waals surface area contributed by atoms with Gasteiger partial charge in [0, 0.05) is 7.11 Å². The number of hydrogen-bond acceptors (Lipinski definition) is 5. The van der Waals surface area contributed by atoms with Crippen molar-refractivity contribution >= 4 is 17.7 Å². The number of aromatic nitrogens is 3. The van der Waals surface area contributed by atoms with Crippen LogP contribution in [0.4, 0.5) is 0 Å². The maximum Gasteiger partial charge on any atom is 0.313 e. The highest BCUT2D eigenvalue weighted by atomic mass is 32.2. The highest BCUT2D eigenvalue weighted by Crippen LogP contribution is 2.16. The Morgan fingerprint density at radius 3 is 3.07 bits per heavy atom. The van der Waals surface area contributed by atoms with E-state index in [9.17, 15) is 4.79 Å². The molecule has 0 aromatic carbocycles. The van der Waals surface area contributed by atoms with Gasteiger partial charge in [-0.25, -0.2) is 4.98 Å². The van der Waals surface area contributed by atoms with Gasteiger partial charge in [0.2, 0.25) is 5.16 Å². The average Bonchev–Trinajstić information content (AvgIpc) is 2.62. The molecule has 1 unspecified atom stereocenters. The number of carboxylic acids is 1. The first-order valence-electron chi connectivity index (χ1n) is 3.93. The first-order valence-corrected chi connectivity index (χ1v) is 4.91. The highest BCUT2D eigenvalue weighted by molar-refractivity contribution is 7.99. The molecule has 78 valence electrons. The summed E-state index contributed by atoms with van der Waals surface area (Å²) < 4.78 is 5.02. The molecule has 1 rings (SSSR count). The maximum atomic E-state index is 10.3. The van der Waals surface area contributed by atoms with Gasteiger partial charge in [-0.1, -0.05) is 11.8 Å². The molecule has 0 bridgehead atoms. The summed E-state index contributed by atoms with van der Waals surface area (Å²) in [6.45, 7) is 1.83. The maximum absolute atomic E-state index is 10.3. The third-order valence-corrected chi connectivity index (χ3v) is 2.38. The van der Waals surface area contributed by atoms with Crippen LogP contribution in [0.25, 0.3) is 0 Å². The van der Waals surface area contributed by atoms with Crippen molar-refractivity contribution in [3.63, 3.8) is 0 Å². The van der Waals surface area contributed by atoms with Crippen LogP contribution in [-0.2, 0) is 9.53 Å². The molecule has 0 saturated carbocycles. The lowest BCUT2D eigenvalue weighted by atomic mass is 10.4. The number of methoxy groups -OCH3 is 1. The van der Waals surface area contributed by atoms with Crippen molar-refractivity contribution in [2.45, 2.75) is 18.2 Å². The molecule has 1 aromatic heterocycles.